The number of fused-ring (bicyclic) bond motifs is 2. The number of nitrogens with one attached hydrogen (secondary N) is 1. The molecule has 2 aliphatic rings. The molecule has 19 heavy (non-hydrogen) atoms. The lowest BCUT2D eigenvalue weighted by Gasteiger charge is -2.44. The summed E-state index contributed by atoms with van der Waals surface area (Å²) in [6.07, 6.45) is 9.86. The van der Waals surface area contributed by atoms with Crippen LogP contribution < -0.4 is 5.32 Å². The van der Waals surface area contributed by atoms with Crippen molar-refractivity contribution in [3.05, 3.63) is 0 Å². The first-order valence-corrected chi connectivity index (χ1v) is 8.67. The molecule has 4 unspecified atom stereocenters. The van der Waals surface area contributed by atoms with Crippen LogP contribution in [0.2, 0.25) is 0 Å². The van der Waals surface area contributed by atoms with Crippen LogP contribution in [0.3, 0.4) is 0 Å². The molecule has 0 aromatic carbocycles. The van der Waals surface area contributed by atoms with Crippen LogP contribution in [-0.2, 0) is 0 Å². The van der Waals surface area contributed by atoms with E-state index in [1.54, 1.807) is 0 Å². The second-order valence-corrected chi connectivity index (χ2v) is 8.17. The molecule has 0 aliphatic heterocycles. The summed E-state index contributed by atoms with van der Waals surface area (Å²) in [4.78, 5) is 0. The Kier molecular flexibility index (Phi) is 4.65. The molecule has 1 heteroatoms. The minimum Gasteiger partial charge on any atom is -0.313 e. The second kappa shape index (κ2) is 5.76. The van der Waals surface area contributed by atoms with Gasteiger partial charge >= 0.3 is 0 Å². The van der Waals surface area contributed by atoms with Gasteiger partial charge in [0.05, 0.1) is 0 Å². The van der Waals surface area contributed by atoms with Gasteiger partial charge < -0.3 is 5.32 Å². The third-order valence-electron chi connectivity index (χ3n) is 6.42. The zero-order valence-electron chi connectivity index (χ0n) is 13.9. The quantitative estimate of drug-likeness (QED) is 0.682. The normalized spacial score (nSPS) is 37.7. The van der Waals surface area contributed by atoms with Gasteiger partial charge in [0, 0.05) is 6.04 Å². The van der Waals surface area contributed by atoms with Gasteiger partial charge in [-0.05, 0) is 54.9 Å². The molecule has 1 N–H and O–H groups in total. The van der Waals surface area contributed by atoms with E-state index in [0.29, 0.717) is 10.8 Å². The summed E-state index contributed by atoms with van der Waals surface area (Å²) in [6.45, 7) is 13.5. The van der Waals surface area contributed by atoms with E-state index >= 15 is 0 Å². The van der Waals surface area contributed by atoms with Crippen LogP contribution in [0, 0.1) is 22.7 Å². The van der Waals surface area contributed by atoms with Crippen molar-refractivity contribution in [2.75, 3.05) is 6.54 Å². The molecule has 4 atom stereocenters. The van der Waals surface area contributed by atoms with E-state index in [-0.39, 0.29) is 0 Å². The van der Waals surface area contributed by atoms with E-state index in [0.717, 1.165) is 17.9 Å². The Labute approximate surface area is 120 Å². The van der Waals surface area contributed by atoms with E-state index < -0.39 is 0 Å². The molecule has 0 aromatic rings. The zero-order chi connectivity index (χ0) is 14.1. The number of hydrogen-bond acceptors (Lipinski definition) is 1. The summed E-state index contributed by atoms with van der Waals surface area (Å²) in [5.41, 5.74) is 1.09. The molecular formula is C18H35N. The van der Waals surface area contributed by atoms with Crippen molar-refractivity contribution in [2.24, 2.45) is 22.7 Å². The smallest absolute Gasteiger partial charge is 0.0175 e. The molecule has 2 fully saturated rings. The molecular weight excluding hydrogens is 230 g/mol. The van der Waals surface area contributed by atoms with Gasteiger partial charge in [0.25, 0.3) is 0 Å². The third kappa shape index (κ3) is 2.86. The van der Waals surface area contributed by atoms with E-state index in [9.17, 15) is 0 Å². The largest absolute Gasteiger partial charge is 0.313 e. The topological polar surface area (TPSA) is 12.0 Å². The van der Waals surface area contributed by atoms with E-state index in [2.05, 4.69) is 39.9 Å². The molecule has 0 heterocycles. The van der Waals surface area contributed by atoms with Gasteiger partial charge in [-0.3, -0.25) is 0 Å². The Balaban J connectivity index is 1.91. The number of hydrogen-bond donors (Lipinski definition) is 1. The van der Waals surface area contributed by atoms with Gasteiger partial charge in [-0.2, -0.15) is 0 Å². The van der Waals surface area contributed by atoms with Gasteiger partial charge in [0.15, 0.2) is 0 Å². The van der Waals surface area contributed by atoms with Gasteiger partial charge in [-0.1, -0.05) is 53.9 Å². The Morgan fingerprint density at radius 2 is 1.95 bits per heavy atom. The van der Waals surface area contributed by atoms with Gasteiger partial charge in [-0.25, -0.2) is 0 Å². The molecule has 0 radical (unpaired) electrons. The predicted molar refractivity (Wildman–Crippen MR) is 84.3 cm³/mol. The molecule has 2 bridgehead atoms. The predicted octanol–water partition coefficient (Wildman–Crippen LogP) is 5.01. The first-order chi connectivity index (χ1) is 8.94. The lowest BCUT2D eigenvalue weighted by atomic mass is 9.68. The molecule has 0 spiro atoms. The van der Waals surface area contributed by atoms with Gasteiger partial charge in [-0.15, -0.1) is 0 Å². The molecule has 2 rings (SSSR count). The maximum atomic E-state index is 4.00. The van der Waals surface area contributed by atoms with E-state index in [4.69, 9.17) is 0 Å². The van der Waals surface area contributed by atoms with Crippen molar-refractivity contribution in [2.45, 2.75) is 85.6 Å². The summed E-state index contributed by atoms with van der Waals surface area (Å²) in [6, 6.07) is 0.745. The summed E-state index contributed by atoms with van der Waals surface area (Å²) < 4.78 is 0. The van der Waals surface area contributed by atoms with E-state index in [1.807, 2.05) is 0 Å². The highest BCUT2D eigenvalue weighted by atomic mass is 15.0. The number of unbranched alkanes of at least 4 members (excludes halogenated alkanes) is 1. The van der Waals surface area contributed by atoms with Gasteiger partial charge in [0.2, 0.25) is 0 Å². The monoisotopic (exact) mass is 265 g/mol. The Hall–Kier alpha value is -0.0400. The fourth-order valence-corrected chi connectivity index (χ4v) is 5.04. The highest BCUT2D eigenvalue weighted by Gasteiger charge is 2.58. The minimum absolute atomic E-state index is 0.510. The van der Waals surface area contributed by atoms with Crippen molar-refractivity contribution in [3.63, 3.8) is 0 Å². The molecule has 1 nitrogen and oxygen atoms in total. The van der Waals surface area contributed by atoms with Crippen LogP contribution in [0.15, 0.2) is 0 Å². The van der Waals surface area contributed by atoms with Crippen molar-refractivity contribution < 1.29 is 0 Å². The fourth-order valence-electron chi connectivity index (χ4n) is 5.04. The van der Waals surface area contributed by atoms with Crippen molar-refractivity contribution in [1.29, 1.82) is 0 Å². The molecule has 0 amide bonds. The standard InChI is InChI=1S/C18H35N/c1-6-8-9-14(7-2)13-19-16-17(3,4)15-10-11-18(16,5)12-15/h14-16,19H,6-13H2,1-5H3. The number of rotatable bonds is 7. The SMILES string of the molecule is CCCCC(CC)CNC1C2(C)CCC(C2)C1(C)C. The van der Waals surface area contributed by atoms with Crippen molar-refractivity contribution in [1.82, 2.24) is 5.32 Å². The third-order valence-corrected chi connectivity index (χ3v) is 6.42. The highest BCUT2D eigenvalue weighted by Crippen LogP contribution is 2.62. The fraction of sp³-hybridized carbons (Fsp3) is 1.00. The molecule has 112 valence electrons. The Bertz CT molecular complexity index is 291. The zero-order valence-corrected chi connectivity index (χ0v) is 13.9. The molecule has 0 saturated heterocycles. The summed E-state index contributed by atoms with van der Waals surface area (Å²) in [7, 11) is 0. The minimum atomic E-state index is 0.510. The first-order valence-electron chi connectivity index (χ1n) is 8.67. The van der Waals surface area contributed by atoms with Crippen LogP contribution >= 0.6 is 0 Å². The maximum absolute atomic E-state index is 4.00. The second-order valence-electron chi connectivity index (χ2n) is 8.17. The summed E-state index contributed by atoms with van der Waals surface area (Å²) in [5.74, 6) is 1.85. The van der Waals surface area contributed by atoms with E-state index in [1.165, 1.54) is 51.5 Å². The van der Waals surface area contributed by atoms with Gasteiger partial charge in [0.1, 0.15) is 0 Å². The average Bonchev–Trinajstić information content (AvgIpc) is 2.83. The maximum Gasteiger partial charge on any atom is 0.0175 e. The van der Waals surface area contributed by atoms with Crippen LogP contribution in [0.1, 0.15) is 79.6 Å². The lowest BCUT2D eigenvalue weighted by molar-refractivity contribution is 0.104. The first kappa shape index (κ1) is 15.4. The average molecular weight is 265 g/mol. The Morgan fingerprint density at radius 1 is 1.21 bits per heavy atom. The summed E-state index contributed by atoms with van der Waals surface area (Å²) >= 11 is 0. The highest BCUT2D eigenvalue weighted by molar-refractivity contribution is 5.12. The van der Waals surface area contributed by atoms with Crippen molar-refractivity contribution >= 4 is 0 Å². The lowest BCUT2D eigenvalue weighted by Crippen LogP contribution is -2.51. The summed E-state index contributed by atoms with van der Waals surface area (Å²) in [5, 5.41) is 4.00. The molecule has 0 aromatic heterocycles. The van der Waals surface area contributed by atoms with Crippen LogP contribution in [0.5, 0.6) is 0 Å². The van der Waals surface area contributed by atoms with Crippen LogP contribution in [0.4, 0.5) is 0 Å². The van der Waals surface area contributed by atoms with Crippen LogP contribution in [-0.4, -0.2) is 12.6 Å². The molecule has 2 aliphatic carbocycles. The molecule has 2 saturated carbocycles. The Morgan fingerprint density at radius 3 is 2.47 bits per heavy atom. The van der Waals surface area contributed by atoms with Crippen molar-refractivity contribution in [3.8, 4) is 0 Å². The van der Waals surface area contributed by atoms with Crippen LogP contribution in [0.25, 0.3) is 0 Å².